The molecule has 1 atom stereocenters. The Bertz CT molecular complexity index is 437. The molecule has 0 radical (unpaired) electrons. The maximum Gasteiger partial charge on any atom is 0.257 e. The first kappa shape index (κ1) is 19.4. The molecule has 0 aliphatic heterocycles. The fourth-order valence-corrected chi connectivity index (χ4v) is 2.18. The Kier molecular flexibility index (Phi) is 8.32. The number of halogens is 3. The molecule has 1 amide bonds. The van der Waals surface area contributed by atoms with Crippen molar-refractivity contribution in [3.63, 3.8) is 0 Å². The van der Waals surface area contributed by atoms with Crippen LogP contribution in [-0.4, -0.2) is 30.4 Å². The fraction of sp³-hybridized carbons (Fsp3) is 0.500. The van der Waals surface area contributed by atoms with E-state index in [-0.39, 0.29) is 29.9 Å². The van der Waals surface area contributed by atoms with Gasteiger partial charge in [0, 0.05) is 24.1 Å². The third-order valence-corrected chi connectivity index (χ3v) is 3.84. The SMILES string of the molecule is CC(C)C(N)CCN(C)C(=O)c1c(F)cccc1Br.Cl. The van der Waals surface area contributed by atoms with Gasteiger partial charge in [0.15, 0.2) is 0 Å². The first-order chi connectivity index (χ1) is 8.84. The Morgan fingerprint density at radius 1 is 1.45 bits per heavy atom. The van der Waals surface area contributed by atoms with Crippen LogP contribution < -0.4 is 5.73 Å². The Hall–Kier alpha value is -0.650. The van der Waals surface area contributed by atoms with Crippen molar-refractivity contribution in [2.24, 2.45) is 11.7 Å². The summed E-state index contributed by atoms with van der Waals surface area (Å²) >= 11 is 3.21. The zero-order valence-corrected chi connectivity index (χ0v) is 14.3. The molecule has 1 aromatic carbocycles. The molecular weight excluding hydrogens is 347 g/mol. The molecule has 114 valence electrons. The highest BCUT2D eigenvalue weighted by Crippen LogP contribution is 2.21. The lowest BCUT2D eigenvalue weighted by atomic mass is 10.0. The molecule has 0 heterocycles. The molecule has 20 heavy (non-hydrogen) atoms. The van der Waals surface area contributed by atoms with Crippen molar-refractivity contribution < 1.29 is 9.18 Å². The number of carbonyl (C=O) groups excluding carboxylic acids is 1. The standard InChI is InChI=1S/C14H20BrFN2O.ClH/c1-9(2)12(17)7-8-18(3)14(19)13-10(15)5-4-6-11(13)16;/h4-6,9,12H,7-8,17H2,1-3H3;1H. The lowest BCUT2D eigenvalue weighted by molar-refractivity contribution is 0.0783. The van der Waals surface area contributed by atoms with Crippen LogP contribution in [0.1, 0.15) is 30.6 Å². The molecule has 6 heteroatoms. The monoisotopic (exact) mass is 366 g/mol. The molecule has 0 aliphatic carbocycles. The summed E-state index contributed by atoms with van der Waals surface area (Å²) in [6.45, 7) is 4.60. The Morgan fingerprint density at radius 2 is 2.05 bits per heavy atom. The van der Waals surface area contributed by atoms with Crippen molar-refractivity contribution >= 4 is 34.2 Å². The first-order valence-corrected chi connectivity index (χ1v) is 7.09. The van der Waals surface area contributed by atoms with Crippen molar-refractivity contribution in [2.45, 2.75) is 26.3 Å². The Labute approximate surface area is 134 Å². The molecule has 0 saturated heterocycles. The topological polar surface area (TPSA) is 46.3 Å². The van der Waals surface area contributed by atoms with Gasteiger partial charge in [-0.1, -0.05) is 19.9 Å². The van der Waals surface area contributed by atoms with Gasteiger partial charge in [-0.2, -0.15) is 0 Å². The number of carbonyl (C=O) groups is 1. The van der Waals surface area contributed by atoms with Crippen LogP contribution in [0.2, 0.25) is 0 Å². The van der Waals surface area contributed by atoms with Gasteiger partial charge in [0.05, 0.1) is 5.56 Å². The van der Waals surface area contributed by atoms with Gasteiger partial charge in [0.25, 0.3) is 5.91 Å². The predicted octanol–water partition coefficient (Wildman–Crippen LogP) is 3.46. The summed E-state index contributed by atoms with van der Waals surface area (Å²) in [6, 6.07) is 4.54. The third-order valence-electron chi connectivity index (χ3n) is 3.18. The lowest BCUT2D eigenvalue weighted by Crippen LogP contribution is -2.35. The molecule has 1 aromatic rings. The van der Waals surface area contributed by atoms with Crippen LogP contribution in [0.25, 0.3) is 0 Å². The Balaban J connectivity index is 0.00000361. The number of hydrogen-bond acceptors (Lipinski definition) is 2. The average molecular weight is 368 g/mol. The summed E-state index contributed by atoms with van der Waals surface area (Å²) in [5.41, 5.74) is 6.01. The van der Waals surface area contributed by atoms with Gasteiger partial charge in [-0.15, -0.1) is 12.4 Å². The van der Waals surface area contributed by atoms with Gasteiger partial charge in [-0.05, 0) is 40.4 Å². The van der Waals surface area contributed by atoms with E-state index in [1.54, 1.807) is 19.2 Å². The molecule has 1 unspecified atom stereocenters. The third kappa shape index (κ3) is 5.04. The molecule has 0 saturated carbocycles. The predicted molar refractivity (Wildman–Crippen MR) is 85.7 cm³/mol. The van der Waals surface area contributed by atoms with E-state index in [1.807, 2.05) is 13.8 Å². The number of rotatable bonds is 5. The molecule has 0 aromatic heterocycles. The lowest BCUT2D eigenvalue weighted by Gasteiger charge is -2.22. The minimum Gasteiger partial charge on any atom is -0.342 e. The van der Waals surface area contributed by atoms with Crippen LogP contribution in [0.4, 0.5) is 4.39 Å². The van der Waals surface area contributed by atoms with E-state index in [0.29, 0.717) is 23.4 Å². The van der Waals surface area contributed by atoms with Crippen molar-refractivity contribution in [1.82, 2.24) is 4.90 Å². The molecule has 0 spiro atoms. The molecule has 0 fully saturated rings. The molecule has 0 aliphatic rings. The molecule has 2 N–H and O–H groups in total. The number of nitrogens with two attached hydrogens (primary N) is 1. The summed E-state index contributed by atoms with van der Waals surface area (Å²) in [5, 5.41) is 0. The minimum absolute atomic E-state index is 0. The first-order valence-electron chi connectivity index (χ1n) is 6.29. The van der Waals surface area contributed by atoms with Gasteiger partial charge < -0.3 is 10.6 Å². The molecular formula is C14H21BrClFN2O. The second-order valence-corrected chi connectivity index (χ2v) is 5.87. The highest BCUT2D eigenvalue weighted by molar-refractivity contribution is 9.10. The second-order valence-electron chi connectivity index (χ2n) is 5.02. The maximum absolute atomic E-state index is 13.7. The molecule has 0 bridgehead atoms. The fourth-order valence-electron chi connectivity index (χ4n) is 1.67. The van der Waals surface area contributed by atoms with E-state index >= 15 is 0 Å². The summed E-state index contributed by atoms with van der Waals surface area (Å²) in [6.07, 6.45) is 0.700. The van der Waals surface area contributed by atoms with E-state index < -0.39 is 5.82 Å². The van der Waals surface area contributed by atoms with Gasteiger partial charge in [-0.3, -0.25) is 4.79 Å². The Morgan fingerprint density at radius 3 is 2.55 bits per heavy atom. The normalized spacial score (nSPS) is 11.9. The minimum atomic E-state index is -0.514. The number of nitrogens with zero attached hydrogens (tertiary/aromatic N) is 1. The largest absolute Gasteiger partial charge is 0.342 e. The van der Waals surface area contributed by atoms with E-state index in [1.165, 1.54) is 11.0 Å². The van der Waals surface area contributed by atoms with Crippen LogP contribution in [0.5, 0.6) is 0 Å². The van der Waals surface area contributed by atoms with Crippen molar-refractivity contribution in [1.29, 1.82) is 0 Å². The van der Waals surface area contributed by atoms with Gasteiger partial charge in [0.1, 0.15) is 5.82 Å². The summed E-state index contributed by atoms with van der Waals surface area (Å²) in [5.74, 6) is -0.482. The van der Waals surface area contributed by atoms with Gasteiger partial charge in [0.2, 0.25) is 0 Å². The van der Waals surface area contributed by atoms with E-state index in [0.717, 1.165) is 0 Å². The van der Waals surface area contributed by atoms with Gasteiger partial charge >= 0.3 is 0 Å². The summed E-state index contributed by atoms with van der Waals surface area (Å²) < 4.78 is 14.2. The van der Waals surface area contributed by atoms with Crippen LogP contribution >= 0.6 is 28.3 Å². The molecule has 1 rings (SSSR count). The van der Waals surface area contributed by atoms with E-state index in [4.69, 9.17) is 5.73 Å². The van der Waals surface area contributed by atoms with Crippen LogP contribution in [0.3, 0.4) is 0 Å². The van der Waals surface area contributed by atoms with Crippen molar-refractivity contribution in [2.75, 3.05) is 13.6 Å². The van der Waals surface area contributed by atoms with Gasteiger partial charge in [-0.25, -0.2) is 4.39 Å². The maximum atomic E-state index is 13.7. The number of amides is 1. The van der Waals surface area contributed by atoms with Crippen LogP contribution in [-0.2, 0) is 0 Å². The van der Waals surface area contributed by atoms with Crippen LogP contribution in [0, 0.1) is 11.7 Å². The smallest absolute Gasteiger partial charge is 0.257 e. The zero-order valence-electron chi connectivity index (χ0n) is 11.9. The summed E-state index contributed by atoms with van der Waals surface area (Å²) in [7, 11) is 1.66. The second kappa shape index (κ2) is 8.60. The highest BCUT2D eigenvalue weighted by atomic mass is 79.9. The molecule has 3 nitrogen and oxygen atoms in total. The highest BCUT2D eigenvalue weighted by Gasteiger charge is 2.20. The quantitative estimate of drug-likeness (QED) is 0.866. The summed E-state index contributed by atoms with van der Waals surface area (Å²) in [4.78, 5) is 13.7. The average Bonchev–Trinajstić information content (AvgIpc) is 2.34. The number of benzene rings is 1. The van der Waals surface area contributed by atoms with E-state index in [9.17, 15) is 9.18 Å². The van der Waals surface area contributed by atoms with Crippen molar-refractivity contribution in [3.05, 3.63) is 34.1 Å². The van der Waals surface area contributed by atoms with Crippen LogP contribution in [0.15, 0.2) is 22.7 Å². The van der Waals surface area contributed by atoms with E-state index in [2.05, 4.69) is 15.9 Å². The zero-order chi connectivity index (χ0) is 14.6. The van der Waals surface area contributed by atoms with Crippen molar-refractivity contribution in [3.8, 4) is 0 Å². The number of hydrogen-bond donors (Lipinski definition) is 1.